The minimum atomic E-state index is -5.02. The number of esters is 2. The number of hydrogen-bond donors (Lipinski definition) is 2. The maximum absolute atomic E-state index is 13.9. The molecular weight excluding hydrogens is 837 g/mol. The Morgan fingerprint density at radius 2 is 1.40 bits per heavy atom. The quantitative estimate of drug-likeness (QED) is 0.0699. The Balaban J connectivity index is 1.45. The summed E-state index contributed by atoms with van der Waals surface area (Å²) in [5.41, 5.74) is 0.615. The molecule has 0 saturated heterocycles. The maximum atomic E-state index is 13.9. The second-order valence-corrected chi connectivity index (χ2v) is 18.4. The van der Waals surface area contributed by atoms with Crippen molar-refractivity contribution in [3.8, 4) is 0 Å². The van der Waals surface area contributed by atoms with E-state index in [0.29, 0.717) is 50.6 Å². The van der Waals surface area contributed by atoms with Crippen LogP contribution in [0.1, 0.15) is 46.1 Å². The van der Waals surface area contributed by atoms with Crippen molar-refractivity contribution in [2.24, 2.45) is 5.41 Å². The van der Waals surface area contributed by atoms with Crippen molar-refractivity contribution < 1.29 is 62.5 Å². The molecule has 0 unspecified atom stereocenters. The lowest BCUT2D eigenvalue weighted by atomic mass is 9.71. The largest absolute Gasteiger partial charge is 0.744 e. The molecule has 2 aliphatic rings. The van der Waals surface area contributed by atoms with E-state index in [1.807, 2.05) is 17.6 Å². The molecule has 1 aliphatic carbocycles. The van der Waals surface area contributed by atoms with Gasteiger partial charge in [-0.3, -0.25) is 18.7 Å². The van der Waals surface area contributed by atoms with E-state index in [9.17, 15) is 48.5 Å². The van der Waals surface area contributed by atoms with Crippen LogP contribution in [0.2, 0.25) is 0 Å². The van der Waals surface area contributed by atoms with Crippen LogP contribution in [-0.4, -0.2) is 85.5 Å². The van der Waals surface area contributed by atoms with Gasteiger partial charge in [-0.2, -0.15) is 21.4 Å². The average Bonchev–Trinajstić information content (AvgIpc) is 3.68. The van der Waals surface area contributed by atoms with Crippen LogP contribution in [0.4, 0.5) is 5.69 Å². The molecule has 1 aliphatic heterocycles. The normalized spacial score (nSPS) is 16.8. The predicted molar refractivity (Wildman–Crippen MR) is 221 cm³/mol. The predicted octanol–water partition coefficient (Wildman–Crippen LogP) is 5.35. The number of carbonyl (C=O) groups excluding carboxylic acids is 2. The number of aromatic nitrogens is 1. The molecule has 0 saturated carbocycles. The summed E-state index contributed by atoms with van der Waals surface area (Å²) in [4.78, 5) is 26.0. The van der Waals surface area contributed by atoms with Crippen LogP contribution in [0, 0.1) is 5.41 Å². The number of aryl methyl sites for hydroxylation is 1. The van der Waals surface area contributed by atoms with Crippen molar-refractivity contribution in [3.05, 3.63) is 101 Å². The van der Waals surface area contributed by atoms with Crippen LogP contribution in [0.25, 0.3) is 38.5 Å². The van der Waals surface area contributed by atoms with E-state index in [0.717, 1.165) is 6.07 Å². The summed E-state index contributed by atoms with van der Waals surface area (Å²) in [6.07, 6.45) is 8.30. The zero-order valence-electron chi connectivity index (χ0n) is 32.8. The molecule has 1 aromatic heterocycles. The maximum Gasteiger partial charge on any atom is 0.324 e. The number of nitrogens with zero attached hydrogens (tertiary/aromatic N) is 2. The number of benzene rings is 4. The van der Waals surface area contributed by atoms with E-state index in [4.69, 9.17) is 9.47 Å². The molecule has 15 nitrogen and oxygen atoms in total. The van der Waals surface area contributed by atoms with E-state index in [2.05, 4.69) is 0 Å². The van der Waals surface area contributed by atoms with E-state index in [1.165, 1.54) is 12.1 Å². The summed E-state index contributed by atoms with van der Waals surface area (Å²) in [6.45, 7) is 7.42. The third kappa shape index (κ3) is 7.16. The van der Waals surface area contributed by atoms with Gasteiger partial charge in [0.15, 0.2) is 10.3 Å². The van der Waals surface area contributed by atoms with Gasteiger partial charge in [0.1, 0.15) is 21.6 Å². The van der Waals surface area contributed by atoms with Crippen molar-refractivity contribution in [2.45, 2.75) is 61.8 Å². The van der Waals surface area contributed by atoms with Gasteiger partial charge < -0.3 is 18.6 Å². The zero-order valence-corrected chi connectivity index (χ0v) is 35.3. The lowest BCUT2D eigenvalue weighted by molar-refractivity contribution is -0.433. The van der Waals surface area contributed by atoms with E-state index >= 15 is 0 Å². The van der Waals surface area contributed by atoms with Gasteiger partial charge in [-0.25, -0.2) is 8.42 Å². The monoisotopic (exact) mass is 876 g/mol. The summed E-state index contributed by atoms with van der Waals surface area (Å²) in [6, 6.07) is 13.2. The minimum Gasteiger partial charge on any atom is -0.744 e. The van der Waals surface area contributed by atoms with E-state index < -0.39 is 57.5 Å². The van der Waals surface area contributed by atoms with Crippen LogP contribution < -0.4 is 5.35 Å². The van der Waals surface area contributed by atoms with Gasteiger partial charge in [0.05, 0.1) is 29.1 Å². The van der Waals surface area contributed by atoms with Crippen LogP contribution in [0.15, 0.2) is 105 Å². The zero-order chi connectivity index (χ0) is 43.5. The highest BCUT2D eigenvalue weighted by Gasteiger charge is 2.51. The van der Waals surface area contributed by atoms with Crippen LogP contribution in [0.5, 0.6) is 0 Å². The van der Waals surface area contributed by atoms with Crippen molar-refractivity contribution >= 4 is 92.2 Å². The van der Waals surface area contributed by atoms with Gasteiger partial charge in [-0.15, -0.1) is 0 Å². The first-order valence-corrected chi connectivity index (χ1v) is 23.2. The molecule has 18 heteroatoms. The topological polar surface area (TPSA) is 226 Å². The standard InChI is InChI=1S/C42H40N2O13S3/c1-5-43-31(27-11-9-13-29-34(58(47,48)49)20-19-33(43)37(27)29)17-15-25-21-26(24-42(23-25,40(45)56-7-3)41(46)57-8-4)16-18-32-28-12-10-14-30-35(59(50,51)52)22-36(60(53,54)55)39(38(28)30)44(32)6-2/h9-22H,5-8,23-24H2,1-4H3,(H2-,47,48,49,50,51,52,53,54,55). The highest BCUT2D eigenvalue weighted by molar-refractivity contribution is 7.87. The summed E-state index contributed by atoms with van der Waals surface area (Å²) >= 11 is 0. The molecule has 314 valence electrons. The summed E-state index contributed by atoms with van der Waals surface area (Å²) in [5, 5.41) is 2.39. The van der Waals surface area contributed by atoms with Crippen LogP contribution >= 0.6 is 0 Å². The van der Waals surface area contributed by atoms with Gasteiger partial charge in [-0.1, -0.05) is 48.6 Å². The van der Waals surface area contributed by atoms with Crippen LogP contribution in [-0.2, 0) is 56.0 Å². The molecule has 0 atom stereocenters. The highest BCUT2D eigenvalue weighted by atomic mass is 32.2. The summed E-state index contributed by atoms with van der Waals surface area (Å²) in [7, 11) is -14.8. The van der Waals surface area contributed by atoms with Gasteiger partial charge in [0.25, 0.3) is 10.1 Å². The van der Waals surface area contributed by atoms with Crippen molar-refractivity contribution in [1.82, 2.24) is 4.57 Å². The Kier molecular flexibility index (Phi) is 11.0. The van der Waals surface area contributed by atoms with Crippen molar-refractivity contribution in [3.63, 3.8) is 0 Å². The molecule has 60 heavy (non-hydrogen) atoms. The first-order chi connectivity index (χ1) is 28.3. The molecule has 2 heterocycles. The van der Waals surface area contributed by atoms with Crippen LogP contribution in [0.3, 0.4) is 0 Å². The molecule has 5 aromatic rings. The Morgan fingerprint density at radius 1 is 0.783 bits per heavy atom. The average molecular weight is 877 g/mol. The first kappa shape index (κ1) is 42.6. The lowest BCUT2D eigenvalue weighted by Gasteiger charge is -2.33. The summed E-state index contributed by atoms with van der Waals surface area (Å²) in [5.74, 6) is -1.62. The first-order valence-electron chi connectivity index (χ1n) is 18.9. The molecule has 0 spiro atoms. The summed E-state index contributed by atoms with van der Waals surface area (Å²) < 4.78 is 122. The highest BCUT2D eigenvalue weighted by Crippen LogP contribution is 2.45. The fourth-order valence-electron chi connectivity index (χ4n) is 8.48. The smallest absolute Gasteiger partial charge is 0.324 e. The van der Waals surface area contributed by atoms with Crippen molar-refractivity contribution in [1.29, 1.82) is 0 Å². The number of rotatable bonds is 12. The molecule has 7 rings (SSSR count). The fraction of sp³-hybridized carbons (Fsp3) is 0.262. The molecule has 0 bridgehead atoms. The number of carbonyl (C=O) groups is 2. The SMILES string of the molecule is CCOC(=O)C1(C(=O)OCC)CC(=CC=c2c3cccc4c(S(=O)(=O)[O-])ccc(c43)n2CC)C=C(C=CC2=[N+](CC)c3c(S(=O)(=O)O)cc(S(=O)(=O)O)c4cccc2c34)C1. The Morgan fingerprint density at radius 3 is 1.98 bits per heavy atom. The van der Waals surface area contributed by atoms with Gasteiger partial charge in [0, 0.05) is 45.0 Å². The molecule has 0 amide bonds. The van der Waals surface area contributed by atoms with Gasteiger partial charge in [0.2, 0.25) is 11.4 Å². The fourth-order valence-corrected chi connectivity index (χ4v) is 10.7. The molecule has 0 radical (unpaired) electrons. The second kappa shape index (κ2) is 15.5. The van der Waals surface area contributed by atoms with Gasteiger partial charge >= 0.3 is 22.1 Å². The van der Waals surface area contributed by atoms with Crippen molar-refractivity contribution in [2.75, 3.05) is 19.8 Å². The lowest BCUT2D eigenvalue weighted by Crippen LogP contribution is -2.44. The minimum absolute atomic E-state index is 0.00269. The third-order valence-corrected chi connectivity index (χ3v) is 13.5. The number of ether oxygens (including phenoxy) is 2. The van der Waals surface area contributed by atoms with E-state index in [1.54, 1.807) is 86.1 Å². The Labute approximate surface area is 345 Å². The molecule has 2 N–H and O–H groups in total. The Hall–Kier alpha value is -5.50. The molecule has 0 fully saturated rings. The van der Waals surface area contributed by atoms with Gasteiger partial charge in [-0.05, 0) is 82.0 Å². The third-order valence-electron chi connectivity index (χ3n) is 10.8. The molecular formula is C42H40N2O13S3. The Bertz CT molecular complexity index is 3190. The number of allylic oxidation sites excluding steroid dienone is 6. The number of hydrogen-bond acceptors (Lipinski definition) is 11. The second-order valence-electron chi connectivity index (χ2n) is 14.3. The van der Waals surface area contributed by atoms with E-state index in [-0.39, 0.29) is 59.3 Å². The molecule has 4 aromatic carbocycles.